The van der Waals surface area contributed by atoms with Gasteiger partial charge in [0.05, 0.1) is 6.61 Å². The molecule has 1 N–H and O–H groups in total. The third-order valence-corrected chi connectivity index (χ3v) is 6.17. The molecule has 0 amide bonds. The highest BCUT2D eigenvalue weighted by Crippen LogP contribution is 2.34. The summed E-state index contributed by atoms with van der Waals surface area (Å²) in [5, 5.41) is 14.6. The van der Waals surface area contributed by atoms with Crippen molar-refractivity contribution in [3.63, 3.8) is 0 Å². The Kier molecular flexibility index (Phi) is 5.27. The van der Waals surface area contributed by atoms with Gasteiger partial charge in [0, 0.05) is 25.5 Å². The lowest BCUT2D eigenvalue weighted by atomic mass is 9.77. The number of esters is 1. The van der Waals surface area contributed by atoms with E-state index in [-0.39, 0.29) is 18.7 Å². The fraction of sp³-hybridized carbons (Fsp3) is 0.524. The number of aliphatic hydroxyl groups excluding tert-OH is 1. The molecule has 0 radical (unpaired) electrons. The van der Waals surface area contributed by atoms with Crippen molar-refractivity contribution >= 4 is 5.97 Å². The van der Waals surface area contributed by atoms with Crippen molar-refractivity contribution in [2.75, 3.05) is 26.2 Å². The molecule has 3 saturated heterocycles. The number of aromatic nitrogens is 2. The van der Waals surface area contributed by atoms with Gasteiger partial charge in [0.1, 0.15) is 11.5 Å². The topological polar surface area (TPSA) is 67.6 Å². The first kappa shape index (κ1) is 18.2. The molecule has 0 saturated carbocycles. The van der Waals surface area contributed by atoms with Crippen molar-refractivity contribution < 1.29 is 14.6 Å². The third-order valence-electron chi connectivity index (χ3n) is 6.17. The van der Waals surface area contributed by atoms with Gasteiger partial charge in [-0.3, -0.25) is 14.4 Å². The summed E-state index contributed by atoms with van der Waals surface area (Å²) in [5.41, 5.74) is -0.273. The van der Waals surface area contributed by atoms with E-state index in [2.05, 4.69) is 10.00 Å². The Morgan fingerprint density at radius 2 is 2.00 bits per heavy atom. The molecule has 5 rings (SSSR count). The van der Waals surface area contributed by atoms with E-state index >= 15 is 0 Å². The molecule has 1 unspecified atom stereocenters. The number of hydrogen-bond acceptors (Lipinski definition) is 5. The molecule has 27 heavy (non-hydrogen) atoms. The molecule has 6 nitrogen and oxygen atoms in total. The Bertz CT molecular complexity index is 741. The van der Waals surface area contributed by atoms with Crippen molar-refractivity contribution in [3.8, 4) is 0 Å². The molecule has 144 valence electrons. The highest BCUT2D eigenvalue weighted by Gasteiger charge is 2.45. The monoisotopic (exact) mass is 369 g/mol. The molecule has 2 aromatic rings. The minimum Gasteiger partial charge on any atom is -0.460 e. The summed E-state index contributed by atoms with van der Waals surface area (Å²) < 4.78 is 7.82. The normalized spacial score (nSPS) is 26.5. The fourth-order valence-corrected chi connectivity index (χ4v) is 4.39. The van der Waals surface area contributed by atoms with E-state index in [1.54, 1.807) is 10.9 Å². The number of hydrogen-bond donors (Lipinski definition) is 1. The van der Waals surface area contributed by atoms with E-state index in [1.807, 2.05) is 42.6 Å². The Morgan fingerprint density at radius 3 is 2.59 bits per heavy atom. The van der Waals surface area contributed by atoms with Crippen molar-refractivity contribution in [3.05, 3.63) is 54.4 Å². The molecule has 3 aliphatic rings. The van der Waals surface area contributed by atoms with Crippen LogP contribution in [0.3, 0.4) is 0 Å². The molecule has 4 heterocycles. The Balaban J connectivity index is 1.57. The number of fused-ring (bicyclic) bond motifs is 3. The van der Waals surface area contributed by atoms with Gasteiger partial charge >= 0.3 is 5.97 Å². The van der Waals surface area contributed by atoms with E-state index in [4.69, 9.17) is 4.74 Å². The number of benzene rings is 1. The van der Waals surface area contributed by atoms with Gasteiger partial charge in [-0.25, -0.2) is 0 Å². The molecule has 1 aromatic heterocycles. The second-order valence-corrected chi connectivity index (χ2v) is 7.71. The Labute approximate surface area is 159 Å². The van der Waals surface area contributed by atoms with Crippen LogP contribution in [0.2, 0.25) is 0 Å². The van der Waals surface area contributed by atoms with Gasteiger partial charge in [0.2, 0.25) is 0 Å². The average molecular weight is 369 g/mol. The number of ether oxygens (including phenoxy) is 1. The van der Waals surface area contributed by atoms with Gasteiger partial charge in [-0.1, -0.05) is 30.3 Å². The summed E-state index contributed by atoms with van der Waals surface area (Å²) in [6, 6.07) is 11.4. The fourth-order valence-electron chi connectivity index (χ4n) is 4.39. The number of rotatable bonds is 7. The summed E-state index contributed by atoms with van der Waals surface area (Å²) in [6.07, 6.45) is 6.13. The molecule has 0 spiro atoms. The van der Waals surface area contributed by atoms with Gasteiger partial charge < -0.3 is 9.84 Å². The standard InChI is InChI=1S/C21H27N3O3/c25-16-21(18-5-2-1-3-6-18,9-14-24-11-4-10-22-24)20(26)27-19-15-23-12-7-17(19)8-13-23/h1-6,10-11,17,19,25H,7-9,12-16H2/t19-,21?/m0/s1. The second kappa shape index (κ2) is 7.82. The molecule has 3 fully saturated rings. The number of nitrogens with zero attached hydrogens (tertiary/aromatic N) is 3. The lowest BCUT2D eigenvalue weighted by Crippen LogP contribution is -2.54. The first-order valence-corrected chi connectivity index (χ1v) is 9.78. The molecular weight excluding hydrogens is 342 g/mol. The van der Waals surface area contributed by atoms with Crippen LogP contribution in [-0.2, 0) is 21.5 Å². The molecule has 2 atom stereocenters. The SMILES string of the molecule is O=C(O[C@H]1CN2CCC1CC2)C(CO)(CCn1cccn1)c1ccccc1. The van der Waals surface area contributed by atoms with Crippen molar-refractivity contribution in [1.29, 1.82) is 0 Å². The Morgan fingerprint density at radius 1 is 1.22 bits per heavy atom. The van der Waals surface area contributed by atoms with Gasteiger partial charge in [0.25, 0.3) is 0 Å². The van der Waals surface area contributed by atoms with E-state index in [1.165, 1.54) is 0 Å². The van der Waals surface area contributed by atoms with E-state index < -0.39 is 5.41 Å². The van der Waals surface area contributed by atoms with Crippen molar-refractivity contribution in [2.45, 2.75) is 37.3 Å². The summed E-state index contributed by atoms with van der Waals surface area (Å²) in [7, 11) is 0. The average Bonchev–Trinajstić information content (AvgIpc) is 3.24. The van der Waals surface area contributed by atoms with Crippen LogP contribution in [0.1, 0.15) is 24.8 Å². The zero-order chi connectivity index (χ0) is 18.7. The lowest BCUT2D eigenvalue weighted by Gasteiger charge is -2.45. The first-order valence-electron chi connectivity index (χ1n) is 9.78. The predicted molar refractivity (Wildman–Crippen MR) is 101 cm³/mol. The number of aliphatic hydroxyl groups is 1. The van der Waals surface area contributed by atoms with E-state index in [0.717, 1.165) is 38.0 Å². The Hall–Kier alpha value is -2.18. The molecular formula is C21H27N3O3. The van der Waals surface area contributed by atoms with E-state index in [0.29, 0.717) is 18.9 Å². The zero-order valence-corrected chi connectivity index (χ0v) is 15.5. The smallest absolute Gasteiger partial charge is 0.319 e. The van der Waals surface area contributed by atoms with Crippen LogP contribution in [-0.4, -0.2) is 58.1 Å². The van der Waals surface area contributed by atoms with Crippen LogP contribution in [0, 0.1) is 5.92 Å². The van der Waals surface area contributed by atoms with Crippen LogP contribution in [0.4, 0.5) is 0 Å². The van der Waals surface area contributed by atoms with Gasteiger partial charge in [-0.2, -0.15) is 5.10 Å². The highest BCUT2D eigenvalue weighted by molar-refractivity contribution is 5.83. The van der Waals surface area contributed by atoms with Crippen LogP contribution < -0.4 is 0 Å². The molecule has 3 aliphatic heterocycles. The molecule has 2 bridgehead atoms. The zero-order valence-electron chi connectivity index (χ0n) is 15.5. The third kappa shape index (κ3) is 3.64. The second-order valence-electron chi connectivity index (χ2n) is 7.71. The van der Waals surface area contributed by atoms with E-state index in [9.17, 15) is 9.90 Å². The van der Waals surface area contributed by atoms with Crippen molar-refractivity contribution in [1.82, 2.24) is 14.7 Å². The summed E-state index contributed by atoms with van der Waals surface area (Å²) in [4.78, 5) is 15.7. The molecule has 6 heteroatoms. The van der Waals surface area contributed by atoms with Gasteiger partial charge in [-0.05, 0) is 49.9 Å². The maximum Gasteiger partial charge on any atom is 0.319 e. The number of aryl methyl sites for hydroxylation is 1. The van der Waals surface area contributed by atoms with Crippen LogP contribution >= 0.6 is 0 Å². The number of carbonyl (C=O) groups excluding carboxylic acids is 1. The quantitative estimate of drug-likeness (QED) is 0.755. The maximum absolute atomic E-state index is 13.4. The molecule has 1 aromatic carbocycles. The first-order chi connectivity index (χ1) is 13.2. The van der Waals surface area contributed by atoms with Gasteiger partial charge in [-0.15, -0.1) is 0 Å². The van der Waals surface area contributed by atoms with Gasteiger partial charge in [0.15, 0.2) is 0 Å². The summed E-state index contributed by atoms with van der Waals surface area (Å²) >= 11 is 0. The summed E-state index contributed by atoms with van der Waals surface area (Å²) in [6.45, 7) is 3.27. The number of carbonyl (C=O) groups is 1. The number of piperidine rings is 3. The lowest BCUT2D eigenvalue weighted by molar-refractivity contribution is -0.168. The highest BCUT2D eigenvalue weighted by atomic mass is 16.5. The maximum atomic E-state index is 13.4. The molecule has 0 aliphatic carbocycles. The van der Waals surface area contributed by atoms with Crippen LogP contribution in [0.15, 0.2) is 48.8 Å². The largest absolute Gasteiger partial charge is 0.460 e. The predicted octanol–water partition coefficient (Wildman–Crippen LogP) is 1.84. The minimum absolute atomic E-state index is 0.0701. The van der Waals surface area contributed by atoms with Crippen LogP contribution in [0.25, 0.3) is 0 Å². The minimum atomic E-state index is -1.07. The van der Waals surface area contributed by atoms with Crippen LogP contribution in [0.5, 0.6) is 0 Å². The van der Waals surface area contributed by atoms with Crippen molar-refractivity contribution in [2.24, 2.45) is 5.92 Å². The summed E-state index contributed by atoms with van der Waals surface area (Å²) in [5.74, 6) is 0.124.